The van der Waals surface area contributed by atoms with Crippen LogP contribution in [0.25, 0.3) is 5.69 Å². The van der Waals surface area contributed by atoms with Gasteiger partial charge in [0.15, 0.2) is 0 Å². The number of carbonyl (C=O) groups is 1. The van der Waals surface area contributed by atoms with E-state index >= 15 is 0 Å². The Morgan fingerprint density at radius 1 is 1.21 bits per heavy atom. The molecule has 1 atom stereocenters. The van der Waals surface area contributed by atoms with E-state index in [0.29, 0.717) is 5.56 Å². The van der Waals surface area contributed by atoms with E-state index in [0.717, 1.165) is 30.8 Å². The first kappa shape index (κ1) is 14.7. The third kappa shape index (κ3) is 2.60. The van der Waals surface area contributed by atoms with Crippen LogP contribution in [0.4, 0.5) is 0 Å². The molecule has 0 saturated heterocycles. The van der Waals surface area contributed by atoms with Crippen molar-refractivity contribution in [3.63, 3.8) is 0 Å². The first-order chi connectivity index (χ1) is 11.7. The van der Waals surface area contributed by atoms with E-state index in [2.05, 4.69) is 15.5 Å². The van der Waals surface area contributed by atoms with Crippen LogP contribution in [0.5, 0.6) is 0 Å². The monoisotopic (exact) mass is 321 g/mol. The standard InChI is InChI=1S/C18H19N5O/c1-13-17(12-20-23(13)15-5-3-2-4-6-15)18(24)21-14-8-10-22-16(11-14)7-9-19-22/h2-7,9,12,14H,8,10-11H2,1H3,(H,21,24)/t14-/m0/s1. The topological polar surface area (TPSA) is 64.7 Å². The van der Waals surface area contributed by atoms with Gasteiger partial charge in [0.25, 0.3) is 5.91 Å². The molecule has 4 rings (SSSR count). The van der Waals surface area contributed by atoms with Gasteiger partial charge < -0.3 is 5.32 Å². The average Bonchev–Trinajstić information content (AvgIpc) is 3.21. The van der Waals surface area contributed by atoms with Gasteiger partial charge in [0.1, 0.15) is 0 Å². The highest BCUT2D eigenvalue weighted by Gasteiger charge is 2.23. The number of benzene rings is 1. The smallest absolute Gasteiger partial charge is 0.254 e. The molecular weight excluding hydrogens is 302 g/mol. The summed E-state index contributed by atoms with van der Waals surface area (Å²) in [5.74, 6) is -0.0624. The Bertz CT molecular complexity index is 865. The molecule has 6 heteroatoms. The van der Waals surface area contributed by atoms with Crippen molar-refractivity contribution in [2.24, 2.45) is 0 Å². The minimum Gasteiger partial charge on any atom is -0.349 e. The van der Waals surface area contributed by atoms with Gasteiger partial charge in [-0.25, -0.2) is 4.68 Å². The van der Waals surface area contributed by atoms with Crippen molar-refractivity contribution in [1.29, 1.82) is 0 Å². The molecule has 24 heavy (non-hydrogen) atoms. The summed E-state index contributed by atoms with van der Waals surface area (Å²) in [6.07, 6.45) is 5.17. The molecule has 1 aliphatic rings. The predicted molar refractivity (Wildman–Crippen MR) is 90.1 cm³/mol. The summed E-state index contributed by atoms with van der Waals surface area (Å²) in [5, 5.41) is 11.8. The molecule has 6 nitrogen and oxygen atoms in total. The van der Waals surface area contributed by atoms with Crippen LogP contribution in [0.3, 0.4) is 0 Å². The SMILES string of the molecule is Cc1c(C(=O)N[C@H]2CCn3nccc3C2)cnn1-c1ccccc1. The van der Waals surface area contributed by atoms with Crippen LogP contribution in [0.15, 0.2) is 48.8 Å². The second kappa shape index (κ2) is 5.96. The molecule has 0 radical (unpaired) electrons. The number of nitrogens with zero attached hydrogens (tertiary/aromatic N) is 4. The summed E-state index contributed by atoms with van der Waals surface area (Å²) in [7, 11) is 0. The van der Waals surface area contributed by atoms with E-state index in [1.807, 2.05) is 54.2 Å². The summed E-state index contributed by atoms with van der Waals surface area (Å²) in [6.45, 7) is 2.76. The van der Waals surface area contributed by atoms with Gasteiger partial charge in [-0.1, -0.05) is 18.2 Å². The van der Waals surface area contributed by atoms with Crippen LogP contribution in [-0.4, -0.2) is 31.5 Å². The zero-order chi connectivity index (χ0) is 16.5. The van der Waals surface area contributed by atoms with Crippen molar-refractivity contribution in [2.75, 3.05) is 0 Å². The first-order valence-corrected chi connectivity index (χ1v) is 8.14. The minimum absolute atomic E-state index is 0.0624. The van der Waals surface area contributed by atoms with Gasteiger partial charge >= 0.3 is 0 Å². The Balaban J connectivity index is 1.51. The van der Waals surface area contributed by atoms with Crippen LogP contribution >= 0.6 is 0 Å². The molecule has 1 aromatic carbocycles. The zero-order valence-corrected chi connectivity index (χ0v) is 13.5. The number of carbonyl (C=O) groups excluding carboxylic acids is 1. The van der Waals surface area contributed by atoms with Crippen molar-refractivity contribution in [3.05, 3.63) is 65.7 Å². The lowest BCUT2D eigenvalue weighted by Crippen LogP contribution is -2.40. The predicted octanol–water partition coefficient (Wildman–Crippen LogP) is 2.12. The summed E-state index contributed by atoms with van der Waals surface area (Å²) >= 11 is 0. The fraction of sp³-hybridized carbons (Fsp3) is 0.278. The number of nitrogens with one attached hydrogen (secondary N) is 1. The highest BCUT2D eigenvalue weighted by atomic mass is 16.1. The lowest BCUT2D eigenvalue weighted by Gasteiger charge is -2.24. The molecule has 122 valence electrons. The van der Waals surface area contributed by atoms with Crippen molar-refractivity contribution in [1.82, 2.24) is 24.9 Å². The number of rotatable bonds is 3. The van der Waals surface area contributed by atoms with E-state index in [1.165, 1.54) is 5.69 Å². The lowest BCUT2D eigenvalue weighted by molar-refractivity contribution is 0.0929. The molecule has 0 bridgehead atoms. The van der Waals surface area contributed by atoms with Crippen LogP contribution in [-0.2, 0) is 13.0 Å². The van der Waals surface area contributed by atoms with Gasteiger partial charge in [0.05, 0.1) is 23.1 Å². The van der Waals surface area contributed by atoms with Gasteiger partial charge in [-0.3, -0.25) is 9.48 Å². The molecule has 0 unspecified atom stereocenters. The fourth-order valence-electron chi connectivity index (χ4n) is 3.22. The third-order valence-electron chi connectivity index (χ3n) is 4.54. The highest BCUT2D eigenvalue weighted by Crippen LogP contribution is 2.17. The fourth-order valence-corrected chi connectivity index (χ4v) is 3.22. The Kier molecular flexibility index (Phi) is 3.65. The van der Waals surface area contributed by atoms with Crippen LogP contribution in [0, 0.1) is 6.92 Å². The molecule has 1 N–H and O–H groups in total. The Labute approximate surface area is 140 Å². The van der Waals surface area contributed by atoms with Gasteiger partial charge in [0, 0.05) is 30.9 Å². The molecule has 3 aromatic rings. The molecular formula is C18H19N5O. The quantitative estimate of drug-likeness (QED) is 0.803. The van der Waals surface area contributed by atoms with E-state index in [4.69, 9.17) is 0 Å². The Morgan fingerprint density at radius 2 is 2.04 bits per heavy atom. The van der Waals surface area contributed by atoms with E-state index in [1.54, 1.807) is 10.9 Å². The Morgan fingerprint density at radius 3 is 2.88 bits per heavy atom. The summed E-state index contributed by atoms with van der Waals surface area (Å²) in [4.78, 5) is 12.6. The maximum Gasteiger partial charge on any atom is 0.254 e. The van der Waals surface area contributed by atoms with Crippen molar-refractivity contribution in [3.8, 4) is 5.69 Å². The van der Waals surface area contributed by atoms with E-state index in [-0.39, 0.29) is 11.9 Å². The molecule has 0 saturated carbocycles. The minimum atomic E-state index is -0.0624. The maximum absolute atomic E-state index is 12.6. The van der Waals surface area contributed by atoms with Crippen LogP contribution in [0.2, 0.25) is 0 Å². The van der Waals surface area contributed by atoms with Crippen LogP contribution < -0.4 is 5.32 Å². The van der Waals surface area contributed by atoms with Gasteiger partial charge in [-0.15, -0.1) is 0 Å². The van der Waals surface area contributed by atoms with E-state index < -0.39 is 0 Å². The number of fused-ring (bicyclic) bond motifs is 1. The second-order valence-corrected chi connectivity index (χ2v) is 6.10. The van der Waals surface area contributed by atoms with Crippen molar-refractivity contribution < 1.29 is 4.79 Å². The molecule has 3 heterocycles. The molecule has 1 aliphatic heterocycles. The first-order valence-electron chi connectivity index (χ1n) is 8.14. The van der Waals surface area contributed by atoms with Crippen LogP contribution in [0.1, 0.15) is 28.2 Å². The average molecular weight is 321 g/mol. The maximum atomic E-state index is 12.6. The molecule has 1 amide bonds. The van der Waals surface area contributed by atoms with Gasteiger partial charge in [-0.2, -0.15) is 10.2 Å². The lowest BCUT2D eigenvalue weighted by atomic mass is 10.0. The molecule has 0 fully saturated rings. The number of aryl methyl sites for hydroxylation is 1. The van der Waals surface area contributed by atoms with E-state index in [9.17, 15) is 4.79 Å². The normalized spacial score (nSPS) is 16.6. The number of aromatic nitrogens is 4. The summed E-state index contributed by atoms with van der Waals surface area (Å²) < 4.78 is 3.80. The number of hydrogen-bond acceptors (Lipinski definition) is 3. The zero-order valence-electron chi connectivity index (χ0n) is 13.5. The number of hydrogen-bond donors (Lipinski definition) is 1. The van der Waals surface area contributed by atoms with Gasteiger partial charge in [0.2, 0.25) is 0 Å². The highest BCUT2D eigenvalue weighted by molar-refractivity contribution is 5.95. The number of amides is 1. The van der Waals surface area contributed by atoms with Crippen molar-refractivity contribution in [2.45, 2.75) is 32.4 Å². The van der Waals surface area contributed by atoms with Gasteiger partial charge in [-0.05, 0) is 31.5 Å². The Hall–Kier alpha value is -2.89. The largest absolute Gasteiger partial charge is 0.349 e. The molecule has 0 aliphatic carbocycles. The molecule has 2 aromatic heterocycles. The summed E-state index contributed by atoms with van der Waals surface area (Å²) in [6, 6.07) is 12.0. The number of para-hydroxylation sites is 1. The second-order valence-electron chi connectivity index (χ2n) is 6.10. The summed E-state index contributed by atoms with van der Waals surface area (Å²) in [5.41, 5.74) is 3.59. The molecule has 0 spiro atoms. The third-order valence-corrected chi connectivity index (χ3v) is 4.54. The van der Waals surface area contributed by atoms with Crippen molar-refractivity contribution >= 4 is 5.91 Å².